The van der Waals surface area contributed by atoms with Gasteiger partial charge in [-0.2, -0.15) is 0 Å². The second kappa shape index (κ2) is 3.95. The van der Waals surface area contributed by atoms with E-state index in [9.17, 15) is 0 Å². The van der Waals surface area contributed by atoms with Gasteiger partial charge in [-0.05, 0) is 6.07 Å². The molecule has 7 nitrogen and oxygen atoms in total. The molecule has 0 aliphatic rings. The predicted octanol–water partition coefficient (Wildman–Crippen LogP) is 0.777. The first-order chi connectivity index (χ1) is 8.79. The molecule has 0 unspecified atom stereocenters. The summed E-state index contributed by atoms with van der Waals surface area (Å²) in [6.07, 6.45) is 3.25. The van der Waals surface area contributed by atoms with E-state index in [1.54, 1.807) is 36.0 Å². The Morgan fingerprint density at radius 2 is 2.06 bits per heavy atom. The summed E-state index contributed by atoms with van der Waals surface area (Å²) in [7, 11) is 1.57. The molecule has 0 amide bonds. The van der Waals surface area contributed by atoms with E-state index < -0.39 is 0 Å². The second-order valence-corrected chi connectivity index (χ2v) is 3.61. The SMILES string of the molecule is COc1ccc(-c2nnc3ccnc(N)n23)cn1. The minimum absolute atomic E-state index is 0.336. The Bertz CT molecular complexity index is 690. The first-order valence-corrected chi connectivity index (χ1v) is 5.25. The van der Waals surface area contributed by atoms with Crippen LogP contribution in [-0.2, 0) is 0 Å². The molecule has 0 spiro atoms. The number of fused-ring (bicyclic) bond motifs is 1. The Hall–Kier alpha value is -2.70. The van der Waals surface area contributed by atoms with Gasteiger partial charge in [-0.1, -0.05) is 0 Å². The van der Waals surface area contributed by atoms with Gasteiger partial charge in [0.2, 0.25) is 11.8 Å². The third kappa shape index (κ3) is 1.53. The van der Waals surface area contributed by atoms with E-state index in [1.165, 1.54) is 0 Å². The standard InChI is InChI=1S/C11H10N6O/c1-18-9-3-2-7(6-14-9)10-16-15-8-4-5-13-11(12)17(8)10/h2-6H,1H3,(H2,12,13). The van der Waals surface area contributed by atoms with E-state index in [0.29, 0.717) is 23.3 Å². The summed E-state index contributed by atoms with van der Waals surface area (Å²) in [6, 6.07) is 5.33. The molecule has 0 saturated heterocycles. The number of pyridine rings is 1. The summed E-state index contributed by atoms with van der Waals surface area (Å²) >= 11 is 0. The smallest absolute Gasteiger partial charge is 0.212 e. The van der Waals surface area contributed by atoms with Crippen LogP contribution in [0, 0.1) is 0 Å². The van der Waals surface area contributed by atoms with Crippen LogP contribution in [0.15, 0.2) is 30.6 Å². The average Bonchev–Trinajstić information content (AvgIpc) is 2.84. The number of nitrogens with two attached hydrogens (primary N) is 1. The van der Waals surface area contributed by atoms with Crippen LogP contribution in [0.3, 0.4) is 0 Å². The molecule has 3 heterocycles. The lowest BCUT2D eigenvalue weighted by atomic mass is 10.2. The Morgan fingerprint density at radius 1 is 1.17 bits per heavy atom. The van der Waals surface area contributed by atoms with E-state index in [1.807, 2.05) is 6.07 Å². The number of ether oxygens (including phenoxy) is 1. The molecule has 0 atom stereocenters. The zero-order valence-electron chi connectivity index (χ0n) is 9.61. The van der Waals surface area contributed by atoms with Crippen molar-refractivity contribution in [1.82, 2.24) is 24.6 Å². The molecular formula is C11H10N6O. The molecule has 0 fully saturated rings. The molecule has 0 aliphatic carbocycles. The summed E-state index contributed by atoms with van der Waals surface area (Å²) in [5.74, 6) is 1.48. The van der Waals surface area contributed by atoms with Crippen LogP contribution in [0.4, 0.5) is 5.95 Å². The molecule has 0 bridgehead atoms. The molecular weight excluding hydrogens is 232 g/mol. The molecule has 2 N–H and O–H groups in total. The van der Waals surface area contributed by atoms with Crippen molar-refractivity contribution in [2.45, 2.75) is 0 Å². The van der Waals surface area contributed by atoms with Gasteiger partial charge < -0.3 is 10.5 Å². The Morgan fingerprint density at radius 3 is 2.78 bits per heavy atom. The highest BCUT2D eigenvalue weighted by Crippen LogP contribution is 2.20. The maximum Gasteiger partial charge on any atom is 0.212 e. The maximum absolute atomic E-state index is 5.82. The highest BCUT2D eigenvalue weighted by atomic mass is 16.5. The number of hydrogen-bond donors (Lipinski definition) is 1. The van der Waals surface area contributed by atoms with Crippen molar-refractivity contribution in [2.24, 2.45) is 0 Å². The Kier molecular flexibility index (Phi) is 2.30. The lowest BCUT2D eigenvalue weighted by Crippen LogP contribution is -2.01. The molecule has 3 aromatic heterocycles. The number of aromatic nitrogens is 5. The van der Waals surface area contributed by atoms with Crippen molar-refractivity contribution in [1.29, 1.82) is 0 Å². The molecule has 18 heavy (non-hydrogen) atoms. The first-order valence-electron chi connectivity index (χ1n) is 5.25. The number of hydrogen-bond acceptors (Lipinski definition) is 6. The summed E-state index contributed by atoms with van der Waals surface area (Å²) in [5.41, 5.74) is 7.26. The van der Waals surface area contributed by atoms with Crippen LogP contribution >= 0.6 is 0 Å². The highest BCUT2D eigenvalue weighted by Gasteiger charge is 2.11. The molecule has 7 heteroatoms. The van der Waals surface area contributed by atoms with Crippen LogP contribution < -0.4 is 10.5 Å². The largest absolute Gasteiger partial charge is 0.481 e. The van der Waals surface area contributed by atoms with Crippen molar-refractivity contribution >= 4 is 11.6 Å². The van der Waals surface area contributed by atoms with Gasteiger partial charge in [-0.25, -0.2) is 14.4 Å². The number of anilines is 1. The third-order valence-electron chi connectivity index (χ3n) is 2.55. The van der Waals surface area contributed by atoms with Crippen molar-refractivity contribution < 1.29 is 4.74 Å². The van der Waals surface area contributed by atoms with Crippen LogP contribution in [0.1, 0.15) is 0 Å². The first kappa shape index (κ1) is 10.5. The predicted molar refractivity (Wildman–Crippen MR) is 65.0 cm³/mol. The summed E-state index contributed by atoms with van der Waals surface area (Å²) < 4.78 is 6.68. The Balaban J connectivity index is 2.18. The zero-order valence-corrected chi connectivity index (χ0v) is 9.61. The van der Waals surface area contributed by atoms with Gasteiger partial charge in [-0.15, -0.1) is 10.2 Å². The fourth-order valence-electron chi connectivity index (χ4n) is 1.69. The van der Waals surface area contributed by atoms with Crippen molar-refractivity contribution in [2.75, 3.05) is 12.8 Å². The zero-order chi connectivity index (χ0) is 12.5. The minimum Gasteiger partial charge on any atom is -0.481 e. The summed E-state index contributed by atoms with van der Waals surface area (Å²) in [6.45, 7) is 0. The monoisotopic (exact) mass is 242 g/mol. The third-order valence-corrected chi connectivity index (χ3v) is 2.55. The van der Waals surface area contributed by atoms with E-state index in [-0.39, 0.29) is 0 Å². The molecule has 0 saturated carbocycles. The molecule has 3 aromatic rings. The fraction of sp³-hybridized carbons (Fsp3) is 0.0909. The molecule has 0 aliphatic heterocycles. The van der Waals surface area contributed by atoms with E-state index in [2.05, 4.69) is 20.2 Å². The van der Waals surface area contributed by atoms with E-state index in [4.69, 9.17) is 10.5 Å². The maximum atomic E-state index is 5.82. The van der Waals surface area contributed by atoms with Gasteiger partial charge in [0.1, 0.15) is 0 Å². The van der Waals surface area contributed by atoms with Gasteiger partial charge in [0.25, 0.3) is 0 Å². The van der Waals surface area contributed by atoms with Gasteiger partial charge in [-0.3, -0.25) is 0 Å². The number of methoxy groups -OCH3 is 1. The molecule has 90 valence electrons. The lowest BCUT2D eigenvalue weighted by Gasteiger charge is -2.03. The van der Waals surface area contributed by atoms with Crippen LogP contribution in [0.5, 0.6) is 5.88 Å². The number of rotatable bonds is 2. The Labute approximate surface area is 102 Å². The molecule has 0 radical (unpaired) electrons. The van der Waals surface area contributed by atoms with Crippen LogP contribution in [-0.4, -0.2) is 31.7 Å². The topological polar surface area (TPSA) is 91.2 Å². The van der Waals surface area contributed by atoms with E-state index in [0.717, 1.165) is 5.56 Å². The van der Waals surface area contributed by atoms with Crippen LogP contribution in [0.25, 0.3) is 17.0 Å². The fourth-order valence-corrected chi connectivity index (χ4v) is 1.69. The van der Waals surface area contributed by atoms with Crippen LogP contribution in [0.2, 0.25) is 0 Å². The average molecular weight is 242 g/mol. The van der Waals surface area contributed by atoms with Crippen molar-refractivity contribution in [3.05, 3.63) is 30.6 Å². The van der Waals surface area contributed by atoms with Gasteiger partial charge in [0, 0.05) is 30.1 Å². The normalized spacial score (nSPS) is 10.7. The van der Waals surface area contributed by atoms with Gasteiger partial charge >= 0.3 is 0 Å². The quantitative estimate of drug-likeness (QED) is 0.714. The number of nitrogen functional groups attached to an aromatic ring is 1. The summed E-state index contributed by atoms with van der Waals surface area (Å²) in [4.78, 5) is 8.14. The van der Waals surface area contributed by atoms with Crippen molar-refractivity contribution in [3.8, 4) is 17.3 Å². The van der Waals surface area contributed by atoms with Gasteiger partial charge in [0.15, 0.2) is 11.5 Å². The van der Waals surface area contributed by atoms with E-state index >= 15 is 0 Å². The number of nitrogens with zero attached hydrogens (tertiary/aromatic N) is 5. The summed E-state index contributed by atoms with van der Waals surface area (Å²) in [5, 5.41) is 8.13. The second-order valence-electron chi connectivity index (χ2n) is 3.61. The minimum atomic E-state index is 0.336. The lowest BCUT2D eigenvalue weighted by molar-refractivity contribution is 0.398. The highest BCUT2D eigenvalue weighted by molar-refractivity contribution is 5.61. The molecule has 3 rings (SSSR count). The van der Waals surface area contributed by atoms with Gasteiger partial charge in [0.05, 0.1) is 7.11 Å². The molecule has 0 aromatic carbocycles. The van der Waals surface area contributed by atoms with Crippen molar-refractivity contribution in [3.63, 3.8) is 0 Å².